The fourth-order valence-corrected chi connectivity index (χ4v) is 4.20. The minimum atomic E-state index is 0.0279. The summed E-state index contributed by atoms with van der Waals surface area (Å²) in [7, 11) is 0. The van der Waals surface area contributed by atoms with Gasteiger partial charge in [-0.05, 0) is 28.4 Å². The van der Waals surface area contributed by atoms with E-state index in [1.165, 1.54) is 0 Å². The van der Waals surface area contributed by atoms with Crippen molar-refractivity contribution in [3.05, 3.63) is 22.3 Å². The van der Waals surface area contributed by atoms with E-state index in [0.29, 0.717) is 17.9 Å². The number of carbonyl (C=O) groups is 1. The van der Waals surface area contributed by atoms with Crippen LogP contribution in [0.4, 0.5) is 5.82 Å². The molecule has 0 bridgehead atoms. The molecule has 2 saturated heterocycles. The Morgan fingerprint density at radius 2 is 2.18 bits per heavy atom. The van der Waals surface area contributed by atoms with Gasteiger partial charge in [-0.2, -0.15) is 17.0 Å². The molecule has 1 unspecified atom stereocenters. The van der Waals surface area contributed by atoms with Gasteiger partial charge < -0.3 is 9.80 Å². The molecule has 5 nitrogen and oxygen atoms in total. The van der Waals surface area contributed by atoms with Gasteiger partial charge in [0.1, 0.15) is 11.9 Å². The minimum Gasteiger partial charge on any atom is -0.355 e. The van der Waals surface area contributed by atoms with E-state index in [-0.39, 0.29) is 11.8 Å². The fourth-order valence-electron chi connectivity index (χ4n) is 2.96. The van der Waals surface area contributed by atoms with E-state index in [9.17, 15) is 10.1 Å². The Morgan fingerprint density at radius 1 is 1.41 bits per heavy atom. The summed E-state index contributed by atoms with van der Waals surface area (Å²) in [6, 6.07) is 3.97. The first-order chi connectivity index (χ1) is 10.7. The molecular weight excluding hydrogens is 364 g/mol. The lowest BCUT2D eigenvalue weighted by atomic mass is 10.1. The summed E-state index contributed by atoms with van der Waals surface area (Å²) in [5.74, 6) is 3.05. The zero-order valence-electron chi connectivity index (χ0n) is 12.2. The molecule has 0 saturated carbocycles. The third-order valence-corrected chi connectivity index (χ3v) is 5.49. The average molecular weight is 381 g/mol. The van der Waals surface area contributed by atoms with Gasteiger partial charge in [-0.3, -0.25) is 4.79 Å². The highest BCUT2D eigenvalue weighted by molar-refractivity contribution is 9.10. The Kier molecular flexibility index (Phi) is 4.89. The van der Waals surface area contributed by atoms with Crippen LogP contribution in [-0.2, 0) is 4.79 Å². The molecule has 3 rings (SSSR count). The summed E-state index contributed by atoms with van der Waals surface area (Å²) in [5, 5.41) is 9.27. The molecule has 116 valence electrons. The van der Waals surface area contributed by atoms with Crippen LogP contribution in [0.3, 0.4) is 0 Å². The highest BCUT2D eigenvalue weighted by Crippen LogP contribution is 2.28. The van der Waals surface area contributed by atoms with E-state index in [4.69, 9.17) is 0 Å². The van der Waals surface area contributed by atoms with E-state index in [2.05, 4.69) is 31.9 Å². The molecule has 1 amide bonds. The lowest BCUT2D eigenvalue weighted by Crippen LogP contribution is -2.42. The molecule has 1 aromatic heterocycles. The molecule has 1 atom stereocenters. The van der Waals surface area contributed by atoms with Crippen LogP contribution in [0.1, 0.15) is 12.0 Å². The Bertz CT molecular complexity index is 612. The van der Waals surface area contributed by atoms with Crippen molar-refractivity contribution in [3.8, 4) is 6.07 Å². The van der Waals surface area contributed by atoms with Gasteiger partial charge >= 0.3 is 0 Å². The van der Waals surface area contributed by atoms with Crippen molar-refractivity contribution >= 4 is 39.4 Å². The van der Waals surface area contributed by atoms with Crippen molar-refractivity contribution in [2.45, 2.75) is 6.42 Å². The number of hydrogen-bond donors (Lipinski definition) is 0. The standard InChI is InChI=1S/C15H17BrN4OS/c16-13-7-12(8-17)14(18-9-13)20-2-1-11(10-20)15(21)19-3-5-22-6-4-19/h7,9,11H,1-6,10H2. The van der Waals surface area contributed by atoms with Gasteiger partial charge in [0.25, 0.3) is 0 Å². The average Bonchev–Trinajstić information content (AvgIpc) is 3.04. The van der Waals surface area contributed by atoms with Crippen LogP contribution in [0.15, 0.2) is 16.7 Å². The number of hydrogen-bond acceptors (Lipinski definition) is 5. The second kappa shape index (κ2) is 6.88. The molecule has 22 heavy (non-hydrogen) atoms. The van der Waals surface area contributed by atoms with E-state index in [1.807, 2.05) is 16.7 Å². The first-order valence-electron chi connectivity index (χ1n) is 7.36. The maximum atomic E-state index is 12.6. The molecule has 1 aromatic rings. The monoisotopic (exact) mass is 380 g/mol. The summed E-state index contributed by atoms with van der Waals surface area (Å²) in [6.07, 6.45) is 2.54. The Hall–Kier alpha value is -1.26. The molecule has 0 spiro atoms. The van der Waals surface area contributed by atoms with Crippen LogP contribution >= 0.6 is 27.7 Å². The molecule has 7 heteroatoms. The largest absolute Gasteiger partial charge is 0.355 e. The van der Waals surface area contributed by atoms with Crippen LogP contribution in [0, 0.1) is 17.2 Å². The number of pyridine rings is 1. The molecule has 0 aromatic carbocycles. The molecule has 0 N–H and O–H groups in total. The van der Waals surface area contributed by atoms with Gasteiger partial charge in [-0.25, -0.2) is 4.98 Å². The molecule has 0 radical (unpaired) electrons. The normalized spacial score (nSPS) is 21.7. The quantitative estimate of drug-likeness (QED) is 0.786. The predicted octanol–water partition coefficient (Wildman–Crippen LogP) is 2.12. The predicted molar refractivity (Wildman–Crippen MR) is 90.9 cm³/mol. The van der Waals surface area contributed by atoms with E-state index in [1.54, 1.807) is 12.3 Å². The minimum absolute atomic E-state index is 0.0279. The van der Waals surface area contributed by atoms with Gasteiger partial charge in [0.2, 0.25) is 5.91 Å². The van der Waals surface area contributed by atoms with Crippen LogP contribution in [0.25, 0.3) is 0 Å². The maximum Gasteiger partial charge on any atom is 0.227 e. The first kappa shape index (κ1) is 15.6. The second-order valence-electron chi connectivity index (χ2n) is 5.51. The molecule has 2 fully saturated rings. The van der Waals surface area contributed by atoms with Crippen molar-refractivity contribution < 1.29 is 4.79 Å². The summed E-state index contributed by atoms with van der Waals surface area (Å²) in [4.78, 5) is 21.0. The van der Waals surface area contributed by atoms with Crippen molar-refractivity contribution in [1.29, 1.82) is 5.26 Å². The number of nitrogens with zero attached hydrogens (tertiary/aromatic N) is 4. The highest BCUT2D eigenvalue weighted by atomic mass is 79.9. The van der Waals surface area contributed by atoms with E-state index < -0.39 is 0 Å². The van der Waals surface area contributed by atoms with Gasteiger partial charge in [0.05, 0.1) is 11.5 Å². The van der Waals surface area contributed by atoms with Gasteiger partial charge in [-0.1, -0.05) is 0 Å². The maximum absolute atomic E-state index is 12.6. The Morgan fingerprint density at radius 3 is 2.91 bits per heavy atom. The van der Waals surface area contributed by atoms with Crippen LogP contribution in [-0.4, -0.2) is 53.5 Å². The highest BCUT2D eigenvalue weighted by Gasteiger charge is 2.33. The molecule has 0 aliphatic carbocycles. The first-order valence-corrected chi connectivity index (χ1v) is 9.31. The Labute approximate surface area is 142 Å². The number of amides is 1. The summed E-state index contributed by atoms with van der Waals surface area (Å²) in [6.45, 7) is 3.16. The smallest absolute Gasteiger partial charge is 0.227 e. The number of anilines is 1. The van der Waals surface area contributed by atoms with Crippen LogP contribution in [0.2, 0.25) is 0 Å². The zero-order chi connectivity index (χ0) is 15.5. The molecular formula is C15H17BrN4OS. The van der Waals surface area contributed by atoms with Gasteiger partial charge in [0, 0.05) is 48.4 Å². The summed E-state index contributed by atoms with van der Waals surface area (Å²) < 4.78 is 0.797. The number of rotatable bonds is 2. The second-order valence-corrected chi connectivity index (χ2v) is 7.65. The topological polar surface area (TPSA) is 60.2 Å². The Balaban J connectivity index is 1.70. The zero-order valence-corrected chi connectivity index (χ0v) is 14.6. The van der Waals surface area contributed by atoms with Crippen molar-refractivity contribution in [3.63, 3.8) is 0 Å². The lowest BCUT2D eigenvalue weighted by Gasteiger charge is -2.29. The van der Waals surface area contributed by atoms with Crippen LogP contribution in [0.5, 0.6) is 0 Å². The number of carbonyl (C=O) groups excluding carboxylic acids is 1. The lowest BCUT2D eigenvalue weighted by molar-refractivity contribution is -0.134. The number of thioether (sulfide) groups is 1. The van der Waals surface area contributed by atoms with Crippen LogP contribution < -0.4 is 4.90 Å². The molecule has 2 aliphatic heterocycles. The number of halogens is 1. The number of aromatic nitrogens is 1. The number of nitriles is 1. The summed E-state index contributed by atoms with van der Waals surface area (Å²) >= 11 is 5.25. The molecule has 3 heterocycles. The van der Waals surface area contributed by atoms with Gasteiger partial charge in [0.15, 0.2) is 0 Å². The third-order valence-electron chi connectivity index (χ3n) is 4.11. The molecule has 2 aliphatic rings. The van der Waals surface area contributed by atoms with Gasteiger partial charge in [-0.15, -0.1) is 0 Å². The SMILES string of the molecule is N#Cc1cc(Br)cnc1N1CCC(C(=O)N2CCSCC2)C1. The van der Waals surface area contributed by atoms with E-state index in [0.717, 1.165) is 42.0 Å². The summed E-state index contributed by atoms with van der Waals surface area (Å²) in [5.41, 5.74) is 0.553. The van der Waals surface area contributed by atoms with Crippen molar-refractivity contribution in [2.24, 2.45) is 5.92 Å². The van der Waals surface area contributed by atoms with Crippen molar-refractivity contribution in [2.75, 3.05) is 42.6 Å². The third kappa shape index (κ3) is 3.23. The van der Waals surface area contributed by atoms with Crippen molar-refractivity contribution in [1.82, 2.24) is 9.88 Å². The fraction of sp³-hybridized carbons (Fsp3) is 0.533. The van der Waals surface area contributed by atoms with E-state index >= 15 is 0 Å².